The number of carbonyl (C=O) groups is 1. The van der Waals surface area contributed by atoms with E-state index in [1.165, 1.54) is 0 Å². The van der Waals surface area contributed by atoms with E-state index < -0.39 is 0 Å². The molecule has 1 aromatic heterocycles. The maximum Gasteiger partial charge on any atom is 0.257 e. The lowest BCUT2D eigenvalue weighted by molar-refractivity contribution is 0.0936. The minimum atomic E-state index is -0.171. The van der Waals surface area contributed by atoms with Crippen LogP contribution >= 0.6 is 11.6 Å². The largest absolute Gasteiger partial charge is 0.360 e. The molecule has 1 aromatic carbocycles. The lowest BCUT2D eigenvalue weighted by Crippen LogP contribution is -2.33. The van der Waals surface area contributed by atoms with Gasteiger partial charge in [-0.2, -0.15) is 0 Å². The molecule has 1 heterocycles. The average molecular weight is 335 g/mol. The highest BCUT2D eigenvalue weighted by Crippen LogP contribution is 2.31. The van der Waals surface area contributed by atoms with E-state index in [0.717, 1.165) is 12.8 Å². The smallest absolute Gasteiger partial charge is 0.257 e. The molecule has 23 heavy (non-hydrogen) atoms. The van der Waals surface area contributed by atoms with Gasteiger partial charge in [-0.3, -0.25) is 4.79 Å². The lowest BCUT2D eigenvalue weighted by Gasteiger charge is -2.15. The first-order chi connectivity index (χ1) is 10.9. The van der Waals surface area contributed by atoms with Crippen LogP contribution in [-0.2, 0) is 0 Å². The first-order valence-corrected chi connectivity index (χ1v) is 8.30. The van der Waals surface area contributed by atoms with Crippen LogP contribution in [-0.4, -0.2) is 17.1 Å². The van der Waals surface area contributed by atoms with Crippen molar-refractivity contribution in [2.45, 2.75) is 46.6 Å². The number of nitrogens with one attached hydrogen (secondary N) is 1. The van der Waals surface area contributed by atoms with Crippen LogP contribution in [0.3, 0.4) is 0 Å². The van der Waals surface area contributed by atoms with E-state index in [9.17, 15) is 4.79 Å². The topological polar surface area (TPSA) is 55.1 Å². The normalized spacial score (nSPS) is 12.4. The molecule has 1 N–H and O–H groups in total. The standard InChI is InChI=1S/C18H23ClN2O2/c1-11(2)9-10-12(3)20-18(22)16-13(4)23-21-17(16)14-7-5-6-8-15(14)19/h5-8,11-12H,9-10H2,1-4H3,(H,20,22). The number of carbonyl (C=O) groups excluding carboxylic acids is 1. The van der Waals surface area contributed by atoms with Crippen molar-refractivity contribution in [3.8, 4) is 11.3 Å². The fourth-order valence-electron chi connectivity index (χ4n) is 2.43. The molecule has 2 aromatic rings. The molecule has 124 valence electrons. The van der Waals surface area contributed by atoms with E-state index in [-0.39, 0.29) is 11.9 Å². The van der Waals surface area contributed by atoms with Crippen LogP contribution in [0.15, 0.2) is 28.8 Å². The van der Waals surface area contributed by atoms with Crippen LogP contribution in [0.5, 0.6) is 0 Å². The number of benzene rings is 1. The zero-order valence-corrected chi connectivity index (χ0v) is 14.8. The van der Waals surface area contributed by atoms with Crippen LogP contribution in [0.2, 0.25) is 5.02 Å². The Labute approximate surface area is 142 Å². The van der Waals surface area contributed by atoms with Gasteiger partial charge in [-0.25, -0.2) is 0 Å². The minimum Gasteiger partial charge on any atom is -0.360 e. The molecule has 0 aliphatic rings. The summed E-state index contributed by atoms with van der Waals surface area (Å²) in [6.45, 7) is 8.10. The van der Waals surface area contributed by atoms with E-state index >= 15 is 0 Å². The third kappa shape index (κ3) is 4.35. The Hall–Kier alpha value is -1.81. The van der Waals surface area contributed by atoms with E-state index in [1.54, 1.807) is 13.0 Å². The van der Waals surface area contributed by atoms with Crippen LogP contribution in [0.25, 0.3) is 11.3 Å². The fraction of sp³-hybridized carbons (Fsp3) is 0.444. The van der Waals surface area contributed by atoms with Gasteiger partial charge in [0.1, 0.15) is 17.0 Å². The molecular formula is C18H23ClN2O2. The van der Waals surface area contributed by atoms with Crippen molar-refractivity contribution in [1.82, 2.24) is 10.5 Å². The number of aromatic nitrogens is 1. The lowest BCUT2D eigenvalue weighted by atomic mass is 10.0. The van der Waals surface area contributed by atoms with Gasteiger partial charge < -0.3 is 9.84 Å². The van der Waals surface area contributed by atoms with Gasteiger partial charge in [0.05, 0.1) is 5.02 Å². The number of rotatable bonds is 6. The maximum absolute atomic E-state index is 12.6. The van der Waals surface area contributed by atoms with Gasteiger partial charge in [0.25, 0.3) is 5.91 Å². The zero-order valence-electron chi connectivity index (χ0n) is 14.0. The molecule has 0 aliphatic heterocycles. The summed E-state index contributed by atoms with van der Waals surface area (Å²) in [4.78, 5) is 12.6. The Morgan fingerprint density at radius 2 is 1.96 bits per heavy atom. The maximum atomic E-state index is 12.6. The van der Waals surface area contributed by atoms with E-state index in [1.807, 2.05) is 25.1 Å². The molecule has 0 fully saturated rings. The van der Waals surface area contributed by atoms with Crippen molar-refractivity contribution in [3.63, 3.8) is 0 Å². The minimum absolute atomic E-state index is 0.0956. The second kappa shape index (κ2) is 7.64. The summed E-state index contributed by atoms with van der Waals surface area (Å²) in [6.07, 6.45) is 2.01. The quantitative estimate of drug-likeness (QED) is 0.820. The van der Waals surface area contributed by atoms with E-state index in [4.69, 9.17) is 16.1 Å². The summed E-state index contributed by atoms with van der Waals surface area (Å²) in [7, 11) is 0. The van der Waals surface area contributed by atoms with Crippen LogP contribution in [0.4, 0.5) is 0 Å². The van der Waals surface area contributed by atoms with Crippen LogP contribution < -0.4 is 5.32 Å². The monoisotopic (exact) mass is 334 g/mol. The molecule has 2 rings (SSSR count). The van der Waals surface area contributed by atoms with Gasteiger partial charge in [0, 0.05) is 11.6 Å². The number of aryl methyl sites for hydroxylation is 1. The number of amides is 1. The van der Waals surface area contributed by atoms with Crippen molar-refractivity contribution in [3.05, 3.63) is 40.6 Å². The predicted molar refractivity (Wildman–Crippen MR) is 92.7 cm³/mol. The SMILES string of the molecule is Cc1onc(-c2ccccc2Cl)c1C(=O)NC(C)CCC(C)C. The van der Waals surface area contributed by atoms with Gasteiger partial charge in [-0.1, -0.05) is 48.8 Å². The Bertz CT molecular complexity index is 679. The summed E-state index contributed by atoms with van der Waals surface area (Å²) >= 11 is 6.22. The van der Waals surface area contributed by atoms with E-state index in [2.05, 4.69) is 24.3 Å². The van der Waals surface area contributed by atoms with Crippen molar-refractivity contribution in [2.24, 2.45) is 5.92 Å². The fourth-order valence-corrected chi connectivity index (χ4v) is 2.65. The highest BCUT2D eigenvalue weighted by molar-refractivity contribution is 6.33. The second-order valence-corrected chi connectivity index (χ2v) is 6.70. The predicted octanol–water partition coefficient (Wildman–Crippen LogP) is 4.86. The molecule has 1 amide bonds. The third-order valence-electron chi connectivity index (χ3n) is 3.77. The Morgan fingerprint density at radius 1 is 1.26 bits per heavy atom. The van der Waals surface area contributed by atoms with Crippen molar-refractivity contribution >= 4 is 17.5 Å². The van der Waals surface area contributed by atoms with Gasteiger partial charge >= 0.3 is 0 Å². The summed E-state index contributed by atoms with van der Waals surface area (Å²) in [5.74, 6) is 0.939. The third-order valence-corrected chi connectivity index (χ3v) is 4.10. The number of halogens is 1. The van der Waals surface area contributed by atoms with Crippen LogP contribution in [0, 0.1) is 12.8 Å². The molecule has 1 atom stereocenters. The van der Waals surface area contributed by atoms with Crippen molar-refractivity contribution in [1.29, 1.82) is 0 Å². The molecule has 0 aliphatic carbocycles. The molecule has 1 unspecified atom stereocenters. The summed E-state index contributed by atoms with van der Waals surface area (Å²) in [5.41, 5.74) is 1.64. The number of nitrogens with zero attached hydrogens (tertiary/aromatic N) is 1. The van der Waals surface area contributed by atoms with Crippen molar-refractivity contribution < 1.29 is 9.32 Å². The molecule has 5 heteroatoms. The second-order valence-electron chi connectivity index (χ2n) is 6.29. The first-order valence-electron chi connectivity index (χ1n) is 7.92. The molecule has 4 nitrogen and oxygen atoms in total. The highest BCUT2D eigenvalue weighted by Gasteiger charge is 2.23. The van der Waals surface area contributed by atoms with Gasteiger partial charge in [0.15, 0.2) is 0 Å². The zero-order chi connectivity index (χ0) is 17.0. The molecular weight excluding hydrogens is 312 g/mol. The summed E-state index contributed by atoms with van der Waals surface area (Å²) < 4.78 is 5.24. The highest BCUT2D eigenvalue weighted by atomic mass is 35.5. The Balaban J connectivity index is 2.21. The first kappa shape index (κ1) is 17.5. The van der Waals surface area contributed by atoms with Crippen LogP contribution in [0.1, 0.15) is 49.7 Å². The molecule has 0 saturated carbocycles. The van der Waals surface area contributed by atoms with Gasteiger partial charge in [-0.05, 0) is 38.7 Å². The summed E-state index contributed by atoms with van der Waals surface area (Å²) in [6, 6.07) is 7.40. The van der Waals surface area contributed by atoms with Crippen molar-refractivity contribution in [2.75, 3.05) is 0 Å². The van der Waals surface area contributed by atoms with E-state index in [0.29, 0.717) is 33.5 Å². The van der Waals surface area contributed by atoms with Gasteiger partial charge in [0.2, 0.25) is 0 Å². The molecule has 0 bridgehead atoms. The Kier molecular flexibility index (Phi) is 5.83. The average Bonchev–Trinajstić information content (AvgIpc) is 2.87. The van der Waals surface area contributed by atoms with Gasteiger partial charge in [-0.15, -0.1) is 0 Å². The molecule has 0 radical (unpaired) electrons. The summed E-state index contributed by atoms with van der Waals surface area (Å²) in [5, 5.41) is 7.60. The Morgan fingerprint density at radius 3 is 2.61 bits per heavy atom. The molecule has 0 spiro atoms. The number of hydrogen-bond acceptors (Lipinski definition) is 3. The molecule has 0 saturated heterocycles. The number of hydrogen-bond donors (Lipinski definition) is 1.